The van der Waals surface area contributed by atoms with Gasteiger partial charge in [0, 0.05) is 68.5 Å². The highest BCUT2D eigenvalue weighted by atomic mass is 19.1. The quantitative estimate of drug-likeness (QED) is 0.355. The molecule has 4 aromatic rings. The third-order valence-electron chi connectivity index (χ3n) is 6.78. The van der Waals surface area contributed by atoms with Gasteiger partial charge in [-0.05, 0) is 18.2 Å². The molecule has 2 aliphatic rings. The van der Waals surface area contributed by atoms with E-state index in [-0.39, 0.29) is 16.4 Å². The van der Waals surface area contributed by atoms with Crippen molar-refractivity contribution in [1.29, 1.82) is 0 Å². The number of H-pyrrole nitrogens is 1. The Hall–Kier alpha value is -4.28. The van der Waals surface area contributed by atoms with E-state index in [0.717, 1.165) is 22.5 Å². The van der Waals surface area contributed by atoms with Gasteiger partial charge in [0.25, 0.3) is 0 Å². The zero-order chi connectivity index (χ0) is 23.9. The number of nitro groups is 1. The third-order valence-corrected chi connectivity index (χ3v) is 6.78. The summed E-state index contributed by atoms with van der Waals surface area (Å²) in [7, 11) is 0. The minimum Gasteiger partial charge on any atom is -0.356 e. The lowest BCUT2D eigenvalue weighted by molar-refractivity contribution is -0.383. The summed E-state index contributed by atoms with van der Waals surface area (Å²) in [6.45, 7) is 3.47. The summed E-state index contributed by atoms with van der Waals surface area (Å²) >= 11 is 0. The van der Waals surface area contributed by atoms with Gasteiger partial charge >= 0.3 is 5.69 Å². The maximum atomic E-state index is 14.3. The van der Waals surface area contributed by atoms with Gasteiger partial charge in [0.05, 0.1) is 10.4 Å². The molecule has 10 nitrogen and oxygen atoms in total. The molecule has 11 heteroatoms. The first kappa shape index (κ1) is 21.3. The van der Waals surface area contributed by atoms with Crippen molar-refractivity contribution in [1.82, 2.24) is 19.9 Å². The molecule has 0 unspecified atom stereocenters. The van der Waals surface area contributed by atoms with Crippen LogP contribution in [-0.2, 0) is 13.0 Å². The Kier molecular flexibility index (Phi) is 5.16. The number of fused-ring (bicyclic) bond motifs is 3. The first-order chi connectivity index (χ1) is 17.1. The molecule has 5 heterocycles. The Labute approximate surface area is 200 Å². The molecule has 3 aromatic heterocycles. The first-order valence-electron chi connectivity index (χ1n) is 11.5. The van der Waals surface area contributed by atoms with Crippen LogP contribution in [0, 0.1) is 15.9 Å². The Morgan fingerprint density at radius 2 is 1.69 bits per heavy atom. The van der Waals surface area contributed by atoms with Crippen molar-refractivity contribution in [2.75, 3.05) is 47.4 Å². The Morgan fingerprint density at radius 3 is 2.43 bits per heavy atom. The fraction of sp³-hybridized carbons (Fsp3) is 0.292. The summed E-state index contributed by atoms with van der Waals surface area (Å²) in [5, 5.41) is 13.1. The van der Waals surface area contributed by atoms with E-state index in [9.17, 15) is 14.5 Å². The Morgan fingerprint density at radius 1 is 0.914 bits per heavy atom. The van der Waals surface area contributed by atoms with Gasteiger partial charge in [-0.1, -0.05) is 18.2 Å². The molecule has 0 saturated carbocycles. The molecule has 1 saturated heterocycles. The predicted octanol–water partition coefficient (Wildman–Crippen LogP) is 3.29. The molecule has 0 aliphatic carbocycles. The van der Waals surface area contributed by atoms with Crippen molar-refractivity contribution in [2.24, 2.45) is 0 Å². The van der Waals surface area contributed by atoms with Crippen molar-refractivity contribution < 1.29 is 9.31 Å². The summed E-state index contributed by atoms with van der Waals surface area (Å²) in [6, 6.07) is 10.8. The average molecular weight is 475 g/mol. The van der Waals surface area contributed by atoms with Crippen LogP contribution in [0.15, 0.2) is 48.9 Å². The summed E-state index contributed by atoms with van der Waals surface area (Å²) in [5.74, 6) is 1.22. The van der Waals surface area contributed by atoms with Crippen LogP contribution in [0.1, 0.15) is 11.3 Å². The van der Waals surface area contributed by atoms with Crippen molar-refractivity contribution in [3.05, 3.63) is 76.1 Å². The second kappa shape index (κ2) is 8.49. The zero-order valence-electron chi connectivity index (χ0n) is 18.9. The maximum absolute atomic E-state index is 14.3. The number of hydrogen-bond donors (Lipinski definition) is 1. The van der Waals surface area contributed by atoms with Crippen LogP contribution in [0.4, 0.5) is 27.5 Å². The van der Waals surface area contributed by atoms with Crippen molar-refractivity contribution >= 4 is 34.0 Å². The molecule has 1 aromatic carbocycles. The second-order valence-electron chi connectivity index (χ2n) is 8.70. The first-order valence-corrected chi connectivity index (χ1v) is 11.5. The van der Waals surface area contributed by atoms with E-state index >= 15 is 0 Å². The molecule has 0 bridgehead atoms. The number of aromatic nitrogens is 4. The van der Waals surface area contributed by atoms with Crippen molar-refractivity contribution in [3.63, 3.8) is 0 Å². The SMILES string of the molecule is O=[N+]([O-])c1c(N2CCN(c3ccccn3)CC2)ncnc1N1CCc2[nH]c3c(F)cccc3c2C1. The van der Waals surface area contributed by atoms with Crippen LogP contribution in [0.3, 0.4) is 0 Å². The number of halogens is 1. The third kappa shape index (κ3) is 3.69. The minimum absolute atomic E-state index is 0.0896. The van der Waals surface area contributed by atoms with Crippen molar-refractivity contribution in [3.8, 4) is 0 Å². The van der Waals surface area contributed by atoms with Crippen LogP contribution >= 0.6 is 0 Å². The van der Waals surface area contributed by atoms with Crippen LogP contribution in [0.2, 0.25) is 0 Å². The number of anilines is 3. The van der Waals surface area contributed by atoms with Gasteiger partial charge in [-0.3, -0.25) is 10.1 Å². The van der Waals surface area contributed by atoms with Crippen molar-refractivity contribution in [2.45, 2.75) is 13.0 Å². The smallest absolute Gasteiger partial charge is 0.353 e. The number of nitrogens with one attached hydrogen (secondary N) is 1. The van der Waals surface area contributed by atoms with Gasteiger partial charge in [0.15, 0.2) is 0 Å². The summed E-state index contributed by atoms with van der Waals surface area (Å²) < 4.78 is 14.3. The van der Waals surface area contributed by atoms with Gasteiger partial charge in [0.1, 0.15) is 18.0 Å². The van der Waals surface area contributed by atoms with E-state index in [2.05, 4.69) is 24.8 Å². The van der Waals surface area contributed by atoms with Gasteiger partial charge in [0.2, 0.25) is 11.6 Å². The van der Waals surface area contributed by atoms with E-state index in [1.54, 1.807) is 12.3 Å². The Balaban J connectivity index is 1.30. The standard InChI is InChI=1S/C24H23FN8O2/c25-18-5-3-4-16-17-14-32(9-7-19(17)29-21(16)18)24-22(33(34)35)23(27-15-28-24)31-12-10-30(11-13-31)20-6-1-2-8-26-20/h1-6,8,15,29H,7,9-14H2. The number of rotatable bonds is 4. The molecule has 0 spiro atoms. The van der Waals surface area contributed by atoms with E-state index in [4.69, 9.17) is 0 Å². The number of hydrogen-bond acceptors (Lipinski definition) is 8. The molecule has 0 radical (unpaired) electrons. The maximum Gasteiger partial charge on any atom is 0.353 e. The number of nitrogens with zero attached hydrogens (tertiary/aromatic N) is 7. The van der Waals surface area contributed by atoms with E-state index in [0.29, 0.717) is 62.8 Å². The van der Waals surface area contributed by atoms with E-state index < -0.39 is 0 Å². The molecule has 0 atom stereocenters. The Bertz CT molecular complexity index is 1400. The van der Waals surface area contributed by atoms with Crippen LogP contribution < -0.4 is 14.7 Å². The highest BCUT2D eigenvalue weighted by Gasteiger charge is 2.33. The summed E-state index contributed by atoms with van der Waals surface area (Å²) in [6.07, 6.45) is 3.77. The highest BCUT2D eigenvalue weighted by Crippen LogP contribution is 2.38. The van der Waals surface area contributed by atoms with E-state index in [1.165, 1.54) is 12.4 Å². The fourth-order valence-corrected chi connectivity index (χ4v) is 5.06. The van der Waals surface area contributed by atoms with E-state index in [1.807, 2.05) is 34.1 Å². The molecule has 2 aliphatic heterocycles. The van der Waals surface area contributed by atoms with Crippen LogP contribution in [0.25, 0.3) is 10.9 Å². The molecule has 35 heavy (non-hydrogen) atoms. The number of para-hydroxylation sites is 1. The lowest BCUT2D eigenvalue weighted by Crippen LogP contribution is -2.47. The molecule has 1 N–H and O–H groups in total. The lowest BCUT2D eigenvalue weighted by atomic mass is 10.0. The van der Waals surface area contributed by atoms with Gasteiger partial charge in [-0.2, -0.15) is 0 Å². The monoisotopic (exact) mass is 474 g/mol. The number of aromatic amines is 1. The summed E-state index contributed by atoms with van der Waals surface area (Å²) in [4.78, 5) is 34.1. The molecular formula is C24H23FN8O2. The lowest BCUT2D eigenvalue weighted by Gasteiger charge is -2.36. The number of benzene rings is 1. The van der Waals surface area contributed by atoms with Gasteiger partial charge in [-0.25, -0.2) is 19.3 Å². The zero-order valence-corrected chi connectivity index (χ0v) is 18.9. The largest absolute Gasteiger partial charge is 0.356 e. The van der Waals surface area contributed by atoms with Gasteiger partial charge < -0.3 is 19.7 Å². The van der Waals surface area contributed by atoms with Crippen LogP contribution in [-0.4, -0.2) is 57.6 Å². The highest BCUT2D eigenvalue weighted by molar-refractivity contribution is 5.86. The fourth-order valence-electron chi connectivity index (χ4n) is 5.06. The number of pyridine rings is 1. The molecule has 178 valence electrons. The predicted molar refractivity (Wildman–Crippen MR) is 130 cm³/mol. The van der Waals surface area contributed by atoms with Gasteiger partial charge in [-0.15, -0.1) is 0 Å². The normalized spacial score (nSPS) is 16.0. The molecule has 0 amide bonds. The molecule has 6 rings (SSSR count). The molecular weight excluding hydrogens is 451 g/mol. The second-order valence-corrected chi connectivity index (χ2v) is 8.70. The summed E-state index contributed by atoms with van der Waals surface area (Å²) in [5.41, 5.74) is 2.30. The van der Waals surface area contributed by atoms with Crippen LogP contribution in [0.5, 0.6) is 0 Å². The minimum atomic E-state index is -0.389. The topological polar surface area (TPSA) is 107 Å². The number of piperazine rings is 1. The average Bonchev–Trinajstić information content (AvgIpc) is 3.28. The molecule has 1 fully saturated rings.